The molecule has 2 rings (SSSR count). The molecular weight excluding hydrogens is 367 g/mol. The number of benzene rings is 2. The maximum absolute atomic E-state index is 6.40. The van der Waals surface area contributed by atoms with E-state index in [4.69, 9.17) is 28.2 Å². The van der Waals surface area contributed by atoms with Gasteiger partial charge in [0.15, 0.2) is 0 Å². The summed E-state index contributed by atoms with van der Waals surface area (Å²) in [5.74, 6) is 0.896. The van der Waals surface area contributed by atoms with E-state index in [0.717, 1.165) is 24.5 Å². The van der Waals surface area contributed by atoms with Gasteiger partial charge in [-0.2, -0.15) is 0 Å². The molecule has 0 fully saturated rings. The van der Waals surface area contributed by atoms with Crippen LogP contribution in [-0.4, -0.2) is 49.2 Å². The molecule has 0 aliphatic carbocycles. The molecule has 0 unspecified atom stereocenters. The van der Waals surface area contributed by atoms with Crippen LogP contribution in [0.25, 0.3) is 0 Å². The number of hydrogen-bond donors (Lipinski definition) is 0. The van der Waals surface area contributed by atoms with Gasteiger partial charge in [0, 0.05) is 32.7 Å². The Morgan fingerprint density at radius 1 is 1.00 bits per heavy atom. The summed E-state index contributed by atoms with van der Waals surface area (Å²) in [4.78, 5) is 13.2. The Labute approximate surface area is 165 Å². The highest BCUT2D eigenvalue weighted by Crippen LogP contribution is 2.37. The minimum Gasteiger partial charge on any atom is -0.369 e. The molecule has 0 saturated carbocycles. The zero-order chi connectivity index (χ0) is 19.1. The Hall–Kier alpha value is -2.04. The van der Waals surface area contributed by atoms with Gasteiger partial charge in [0.05, 0.1) is 22.1 Å². The molecule has 6 heteroatoms. The van der Waals surface area contributed by atoms with E-state index in [1.807, 2.05) is 37.2 Å². The molecule has 2 aromatic carbocycles. The molecule has 0 N–H and O–H groups in total. The molecule has 0 aliphatic rings. The fourth-order valence-electron chi connectivity index (χ4n) is 2.46. The number of aliphatic imine (C=N–C) groups is 2. The van der Waals surface area contributed by atoms with Crippen LogP contribution in [0, 0.1) is 0 Å². The molecule has 0 aliphatic heterocycles. The predicted molar refractivity (Wildman–Crippen MR) is 114 cm³/mol. The molecule has 0 heterocycles. The Bertz CT molecular complexity index is 759. The van der Waals surface area contributed by atoms with Crippen molar-refractivity contribution in [3.8, 4) is 0 Å². The summed E-state index contributed by atoms with van der Waals surface area (Å²) in [6.45, 7) is 5.94. The second-order valence-electron chi connectivity index (χ2n) is 5.94. The first-order chi connectivity index (χ1) is 12.5. The predicted octanol–water partition coefficient (Wildman–Crippen LogP) is 5.63. The molecule has 138 valence electrons. The van der Waals surface area contributed by atoms with Gasteiger partial charge in [-0.3, -0.25) is 0 Å². The van der Waals surface area contributed by atoms with Crippen molar-refractivity contribution in [2.24, 2.45) is 9.98 Å². The monoisotopic (exact) mass is 390 g/mol. The molecule has 4 nitrogen and oxygen atoms in total. The second kappa shape index (κ2) is 9.60. The van der Waals surface area contributed by atoms with Crippen molar-refractivity contribution in [3.63, 3.8) is 0 Å². The van der Waals surface area contributed by atoms with Gasteiger partial charge in [-0.05, 0) is 26.0 Å². The van der Waals surface area contributed by atoms with Crippen LogP contribution < -0.4 is 0 Å². The number of rotatable bonds is 6. The van der Waals surface area contributed by atoms with Gasteiger partial charge in [-0.1, -0.05) is 53.5 Å². The van der Waals surface area contributed by atoms with Crippen molar-refractivity contribution < 1.29 is 0 Å². The zero-order valence-electron chi connectivity index (χ0n) is 15.6. The molecule has 0 saturated heterocycles. The lowest BCUT2D eigenvalue weighted by Gasteiger charge is -2.23. The third kappa shape index (κ3) is 5.23. The highest BCUT2D eigenvalue weighted by Gasteiger charge is 2.12. The van der Waals surface area contributed by atoms with Gasteiger partial charge >= 0.3 is 0 Å². The van der Waals surface area contributed by atoms with E-state index < -0.39 is 0 Å². The van der Waals surface area contributed by atoms with E-state index in [-0.39, 0.29) is 0 Å². The van der Waals surface area contributed by atoms with Crippen molar-refractivity contribution in [2.75, 3.05) is 27.2 Å². The Morgan fingerprint density at radius 3 is 2.08 bits per heavy atom. The number of nitrogens with zero attached hydrogens (tertiary/aromatic N) is 4. The Morgan fingerprint density at radius 2 is 1.58 bits per heavy atom. The number of amidine groups is 1. The molecule has 0 spiro atoms. The summed E-state index contributed by atoms with van der Waals surface area (Å²) in [6.07, 6.45) is 1.67. The van der Waals surface area contributed by atoms with Crippen LogP contribution in [-0.2, 0) is 0 Å². The largest absolute Gasteiger partial charge is 0.369 e. The van der Waals surface area contributed by atoms with Crippen LogP contribution >= 0.6 is 23.2 Å². The van der Waals surface area contributed by atoms with Crippen LogP contribution in [0.15, 0.2) is 52.4 Å². The maximum Gasteiger partial charge on any atom is 0.136 e. The highest BCUT2D eigenvalue weighted by atomic mass is 35.5. The Balaban J connectivity index is 2.50. The summed E-state index contributed by atoms with van der Waals surface area (Å²) in [6, 6.07) is 13.7. The van der Waals surface area contributed by atoms with Crippen molar-refractivity contribution >= 4 is 46.8 Å². The molecule has 26 heavy (non-hydrogen) atoms. The van der Waals surface area contributed by atoms with E-state index in [1.165, 1.54) is 0 Å². The molecule has 2 aromatic rings. The summed E-state index contributed by atoms with van der Waals surface area (Å²) in [7, 11) is 3.78. The van der Waals surface area contributed by atoms with E-state index >= 15 is 0 Å². The molecule has 0 bridgehead atoms. The van der Waals surface area contributed by atoms with Crippen LogP contribution in [0.3, 0.4) is 0 Å². The summed E-state index contributed by atoms with van der Waals surface area (Å²) in [5.41, 5.74) is 2.30. The normalized spacial score (nSPS) is 11.8. The maximum atomic E-state index is 6.40. The van der Waals surface area contributed by atoms with E-state index in [2.05, 4.69) is 35.9 Å². The lowest BCUT2D eigenvalue weighted by atomic mass is 10.2. The molecule has 0 aromatic heterocycles. The summed E-state index contributed by atoms with van der Waals surface area (Å²) < 4.78 is 0. The van der Waals surface area contributed by atoms with Gasteiger partial charge in [-0.15, -0.1) is 0 Å². The van der Waals surface area contributed by atoms with Crippen molar-refractivity contribution in [1.82, 2.24) is 9.80 Å². The van der Waals surface area contributed by atoms with Crippen LogP contribution in [0.1, 0.15) is 19.4 Å². The van der Waals surface area contributed by atoms with Gasteiger partial charge < -0.3 is 9.80 Å². The lowest BCUT2D eigenvalue weighted by Crippen LogP contribution is -2.31. The van der Waals surface area contributed by atoms with E-state index in [0.29, 0.717) is 21.4 Å². The average Bonchev–Trinajstić information content (AvgIpc) is 2.61. The number of hydrogen-bond acceptors (Lipinski definition) is 2. The quantitative estimate of drug-likeness (QED) is 0.472. The smallest absolute Gasteiger partial charge is 0.136 e. The molecule has 0 radical (unpaired) electrons. The molecule has 0 atom stereocenters. The third-order valence-electron chi connectivity index (χ3n) is 3.75. The topological polar surface area (TPSA) is 31.2 Å². The minimum absolute atomic E-state index is 0.473. The fraction of sp³-hybridized carbons (Fsp3) is 0.300. The first kappa shape index (κ1) is 20.3. The van der Waals surface area contributed by atoms with Crippen molar-refractivity contribution in [3.05, 3.63) is 58.1 Å². The molecule has 0 amide bonds. The van der Waals surface area contributed by atoms with Crippen molar-refractivity contribution in [1.29, 1.82) is 0 Å². The van der Waals surface area contributed by atoms with Crippen LogP contribution in [0.2, 0.25) is 10.0 Å². The summed E-state index contributed by atoms with van der Waals surface area (Å²) in [5, 5.41) is 0.947. The first-order valence-electron chi connectivity index (χ1n) is 8.55. The van der Waals surface area contributed by atoms with E-state index in [1.54, 1.807) is 18.5 Å². The highest BCUT2D eigenvalue weighted by molar-refractivity contribution is 6.39. The number of halogens is 2. The van der Waals surface area contributed by atoms with E-state index in [9.17, 15) is 0 Å². The Kier molecular flexibility index (Phi) is 7.49. The average molecular weight is 391 g/mol. The first-order valence-corrected chi connectivity index (χ1v) is 9.30. The van der Waals surface area contributed by atoms with Gasteiger partial charge in [0.2, 0.25) is 0 Å². The van der Waals surface area contributed by atoms with Gasteiger partial charge in [0.1, 0.15) is 11.5 Å². The summed E-state index contributed by atoms with van der Waals surface area (Å²) >= 11 is 12.8. The zero-order valence-corrected chi connectivity index (χ0v) is 17.1. The minimum atomic E-state index is 0.473. The van der Waals surface area contributed by atoms with Crippen LogP contribution in [0.5, 0.6) is 0 Å². The SMILES string of the molecule is CCN(CC)C(=Nc1cc(Cl)c(N=CN(C)C)c(Cl)c1)c1ccccc1. The standard InChI is InChI=1S/C20H24Cl2N4/c1-5-26(6-2)20(15-10-8-7-9-11-15)24-16-12-17(21)19(18(22)13-16)23-14-25(3)4/h7-14H,5-6H2,1-4H3. The second-order valence-corrected chi connectivity index (χ2v) is 6.75. The third-order valence-corrected chi connectivity index (χ3v) is 4.33. The van der Waals surface area contributed by atoms with Crippen molar-refractivity contribution in [2.45, 2.75) is 13.8 Å². The van der Waals surface area contributed by atoms with Crippen LogP contribution in [0.4, 0.5) is 11.4 Å². The van der Waals surface area contributed by atoms with Gasteiger partial charge in [-0.25, -0.2) is 9.98 Å². The fourth-order valence-corrected chi connectivity index (χ4v) is 3.04. The lowest BCUT2D eigenvalue weighted by molar-refractivity contribution is 0.466. The van der Waals surface area contributed by atoms with Gasteiger partial charge in [0.25, 0.3) is 0 Å². The molecular formula is C20H24Cl2N4.